The minimum atomic E-state index is -1.22. The second-order valence-corrected chi connectivity index (χ2v) is 7.07. The van der Waals surface area contributed by atoms with Crippen LogP contribution in [0.1, 0.15) is 26.2 Å². The summed E-state index contributed by atoms with van der Waals surface area (Å²) in [5.74, 6) is 0.0494. The van der Waals surface area contributed by atoms with Gasteiger partial charge in [0.05, 0.1) is 21.1 Å². The van der Waals surface area contributed by atoms with Gasteiger partial charge in [0.25, 0.3) is 0 Å². The van der Waals surface area contributed by atoms with Crippen LogP contribution in [0.25, 0.3) is 0 Å². The van der Waals surface area contributed by atoms with Crippen molar-refractivity contribution in [2.45, 2.75) is 42.4 Å². The maximum atomic E-state index is 13.1. The van der Waals surface area contributed by atoms with Crippen LogP contribution in [0.2, 0.25) is 5.02 Å². The van der Waals surface area contributed by atoms with E-state index in [0.29, 0.717) is 10.8 Å². The second kappa shape index (κ2) is 5.68. The van der Waals surface area contributed by atoms with Crippen molar-refractivity contribution in [1.82, 2.24) is 0 Å². The Labute approximate surface area is 114 Å². The Kier molecular flexibility index (Phi) is 4.41. The predicted octanol–water partition coefficient (Wildman–Crippen LogP) is 3.10. The maximum absolute atomic E-state index is 13.1. The number of halogens is 2. The number of benzene rings is 1. The summed E-state index contributed by atoms with van der Waals surface area (Å²) in [7, 11) is -1.22. The molecule has 1 fully saturated rings. The molecule has 2 N–H and O–H groups in total. The molecule has 5 heteroatoms. The van der Waals surface area contributed by atoms with Gasteiger partial charge in [0.1, 0.15) is 5.82 Å². The number of rotatable bonds is 2. The first kappa shape index (κ1) is 14.0. The van der Waals surface area contributed by atoms with Crippen LogP contribution >= 0.6 is 11.6 Å². The Morgan fingerprint density at radius 2 is 2.17 bits per heavy atom. The molecular formula is C13H17ClFNOS. The Balaban J connectivity index is 2.21. The van der Waals surface area contributed by atoms with E-state index in [-0.39, 0.29) is 16.3 Å². The van der Waals surface area contributed by atoms with E-state index in [1.807, 2.05) is 0 Å². The average molecular weight is 290 g/mol. The van der Waals surface area contributed by atoms with Crippen molar-refractivity contribution in [2.75, 3.05) is 0 Å². The van der Waals surface area contributed by atoms with E-state index in [2.05, 4.69) is 6.92 Å². The molecule has 0 heterocycles. The molecule has 0 aromatic heterocycles. The van der Waals surface area contributed by atoms with Crippen LogP contribution in [0.5, 0.6) is 0 Å². The molecule has 0 spiro atoms. The van der Waals surface area contributed by atoms with Gasteiger partial charge in [0.2, 0.25) is 0 Å². The van der Waals surface area contributed by atoms with Gasteiger partial charge in [-0.05, 0) is 43.4 Å². The van der Waals surface area contributed by atoms with Crippen molar-refractivity contribution in [3.8, 4) is 0 Å². The molecule has 1 aromatic carbocycles. The van der Waals surface area contributed by atoms with Gasteiger partial charge in [0, 0.05) is 10.9 Å². The maximum Gasteiger partial charge on any atom is 0.141 e. The first-order valence-corrected chi connectivity index (χ1v) is 7.69. The van der Waals surface area contributed by atoms with Crippen LogP contribution in [-0.2, 0) is 10.8 Å². The summed E-state index contributed by atoms with van der Waals surface area (Å²) >= 11 is 5.72. The van der Waals surface area contributed by atoms with Gasteiger partial charge in [0.15, 0.2) is 0 Å². The third-order valence-electron chi connectivity index (χ3n) is 3.50. The fraction of sp³-hybridized carbons (Fsp3) is 0.538. The van der Waals surface area contributed by atoms with E-state index in [0.717, 1.165) is 19.3 Å². The monoisotopic (exact) mass is 289 g/mol. The van der Waals surface area contributed by atoms with Gasteiger partial charge in [-0.1, -0.05) is 18.5 Å². The molecule has 4 unspecified atom stereocenters. The van der Waals surface area contributed by atoms with Gasteiger partial charge >= 0.3 is 0 Å². The minimum Gasteiger partial charge on any atom is -0.327 e. The fourth-order valence-corrected chi connectivity index (χ4v) is 4.36. The molecule has 2 nitrogen and oxygen atoms in total. The molecular weight excluding hydrogens is 273 g/mol. The SMILES string of the molecule is CC1CCC(N)C(S(=O)c2ccc(F)c(Cl)c2)C1. The van der Waals surface area contributed by atoms with Crippen LogP contribution in [0.4, 0.5) is 4.39 Å². The van der Waals surface area contributed by atoms with Gasteiger partial charge in [-0.15, -0.1) is 0 Å². The lowest BCUT2D eigenvalue weighted by Gasteiger charge is -2.31. The lowest BCUT2D eigenvalue weighted by molar-refractivity contribution is 0.353. The summed E-state index contributed by atoms with van der Waals surface area (Å²) in [5.41, 5.74) is 6.05. The van der Waals surface area contributed by atoms with Crippen LogP contribution < -0.4 is 5.73 Å². The molecule has 0 aliphatic heterocycles. The van der Waals surface area contributed by atoms with Crippen molar-refractivity contribution in [3.05, 3.63) is 29.0 Å². The number of hydrogen-bond donors (Lipinski definition) is 1. The zero-order valence-corrected chi connectivity index (χ0v) is 11.8. The van der Waals surface area contributed by atoms with E-state index in [9.17, 15) is 8.60 Å². The normalized spacial score (nSPS) is 30.1. The smallest absolute Gasteiger partial charge is 0.141 e. The number of hydrogen-bond acceptors (Lipinski definition) is 2. The third-order valence-corrected chi connectivity index (χ3v) is 5.60. The molecule has 0 radical (unpaired) electrons. The van der Waals surface area contributed by atoms with Crippen molar-refractivity contribution < 1.29 is 8.60 Å². The van der Waals surface area contributed by atoms with E-state index in [1.54, 1.807) is 0 Å². The van der Waals surface area contributed by atoms with E-state index < -0.39 is 16.6 Å². The first-order chi connectivity index (χ1) is 8.49. The van der Waals surface area contributed by atoms with Crippen LogP contribution in [-0.4, -0.2) is 15.5 Å². The molecule has 2 rings (SSSR count). The molecule has 0 saturated heterocycles. The molecule has 1 aliphatic carbocycles. The Morgan fingerprint density at radius 1 is 1.44 bits per heavy atom. The van der Waals surface area contributed by atoms with Crippen molar-refractivity contribution in [3.63, 3.8) is 0 Å². The summed E-state index contributed by atoms with van der Waals surface area (Å²) in [6.07, 6.45) is 2.83. The van der Waals surface area contributed by atoms with Crippen LogP contribution in [0, 0.1) is 11.7 Å². The van der Waals surface area contributed by atoms with Gasteiger partial charge in [-0.25, -0.2) is 4.39 Å². The summed E-state index contributed by atoms with van der Waals surface area (Å²) in [6, 6.07) is 4.18. The molecule has 1 aliphatic rings. The summed E-state index contributed by atoms with van der Waals surface area (Å²) in [5, 5.41) is -0.0476. The molecule has 0 bridgehead atoms. The van der Waals surface area contributed by atoms with Crippen LogP contribution in [0.3, 0.4) is 0 Å². The topological polar surface area (TPSA) is 43.1 Å². The lowest BCUT2D eigenvalue weighted by atomic mass is 9.87. The fourth-order valence-electron chi connectivity index (χ4n) is 2.38. The van der Waals surface area contributed by atoms with E-state index in [1.165, 1.54) is 18.2 Å². The average Bonchev–Trinajstić information content (AvgIpc) is 2.35. The lowest BCUT2D eigenvalue weighted by Crippen LogP contribution is -2.42. The standard InChI is InChI=1S/C13H17ClFNOS/c1-8-2-5-12(16)13(6-8)18(17)9-3-4-11(15)10(14)7-9/h3-4,7-8,12-13H,2,5-6,16H2,1H3. The second-order valence-electron chi connectivity index (χ2n) is 4.99. The third kappa shape index (κ3) is 2.92. The molecule has 1 aromatic rings. The highest BCUT2D eigenvalue weighted by Gasteiger charge is 2.31. The van der Waals surface area contributed by atoms with E-state index >= 15 is 0 Å². The summed E-state index contributed by atoms with van der Waals surface area (Å²) in [6.45, 7) is 2.15. The first-order valence-electron chi connectivity index (χ1n) is 6.10. The minimum absolute atomic E-state index is 0.0123. The molecule has 18 heavy (non-hydrogen) atoms. The van der Waals surface area contributed by atoms with Gasteiger partial charge in [-0.3, -0.25) is 4.21 Å². The highest BCUT2D eigenvalue weighted by atomic mass is 35.5. The number of nitrogens with two attached hydrogens (primary N) is 1. The predicted molar refractivity (Wildman–Crippen MR) is 72.6 cm³/mol. The van der Waals surface area contributed by atoms with Crippen molar-refractivity contribution in [1.29, 1.82) is 0 Å². The van der Waals surface area contributed by atoms with Gasteiger partial charge in [-0.2, -0.15) is 0 Å². The van der Waals surface area contributed by atoms with E-state index in [4.69, 9.17) is 17.3 Å². The van der Waals surface area contributed by atoms with Crippen LogP contribution in [0.15, 0.2) is 23.1 Å². The molecule has 0 amide bonds. The Morgan fingerprint density at radius 3 is 2.83 bits per heavy atom. The zero-order valence-electron chi connectivity index (χ0n) is 10.2. The Bertz CT molecular complexity index is 468. The zero-order chi connectivity index (χ0) is 13.3. The summed E-state index contributed by atoms with van der Waals surface area (Å²) in [4.78, 5) is 0.566. The molecule has 1 saturated carbocycles. The van der Waals surface area contributed by atoms with Crippen molar-refractivity contribution >= 4 is 22.4 Å². The summed E-state index contributed by atoms with van der Waals surface area (Å²) < 4.78 is 25.6. The quantitative estimate of drug-likeness (QED) is 0.909. The molecule has 4 atom stereocenters. The molecule has 100 valence electrons. The Hall–Kier alpha value is -0.450. The van der Waals surface area contributed by atoms with Gasteiger partial charge < -0.3 is 5.73 Å². The highest BCUT2D eigenvalue weighted by molar-refractivity contribution is 7.85. The van der Waals surface area contributed by atoms with Crippen molar-refractivity contribution in [2.24, 2.45) is 11.7 Å². The highest BCUT2D eigenvalue weighted by Crippen LogP contribution is 2.30. The largest absolute Gasteiger partial charge is 0.327 e.